The van der Waals surface area contributed by atoms with Gasteiger partial charge in [0.05, 0.1) is 6.26 Å². The summed E-state index contributed by atoms with van der Waals surface area (Å²) in [6, 6.07) is 3.50. The van der Waals surface area contributed by atoms with Crippen molar-refractivity contribution in [1.82, 2.24) is 10.2 Å². The molecule has 0 spiro atoms. The van der Waals surface area contributed by atoms with Gasteiger partial charge in [-0.3, -0.25) is 4.79 Å². The number of piperidine rings is 2. The van der Waals surface area contributed by atoms with Gasteiger partial charge in [-0.05, 0) is 43.5 Å². The zero-order chi connectivity index (χ0) is 11.0. The molecule has 2 bridgehead atoms. The number of nitrogens with one attached hydrogen (secondary N) is 1. The molecule has 1 aromatic heterocycles. The first-order valence-electron chi connectivity index (χ1n) is 5.86. The molecule has 2 aliphatic heterocycles. The van der Waals surface area contributed by atoms with Gasteiger partial charge in [-0.1, -0.05) is 0 Å². The Kier molecular flexibility index (Phi) is 2.44. The second-order valence-corrected chi connectivity index (χ2v) is 4.81. The van der Waals surface area contributed by atoms with Gasteiger partial charge in [-0.15, -0.1) is 0 Å². The molecule has 0 saturated carbocycles. The smallest absolute Gasteiger partial charge is 0.289 e. The van der Waals surface area contributed by atoms with Crippen LogP contribution in [0.4, 0.5) is 0 Å². The van der Waals surface area contributed by atoms with Crippen molar-refractivity contribution < 1.29 is 9.21 Å². The number of amides is 1. The fourth-order valence-electron chi connectivity index (χ4n) is 2.83. The van der Waals surface area contributed by atoms with E-state index in [9.17, 15) is 4.79 Å². The highest BCUT2D eigenvalue weighted by atomic mass is 16.3. The lowest BCUT2D eigenvalue weighted by Gasteiger charge is -2.41. The van der Waals surface area contributed by atoms with Gasteiger partial charge in [0.25, 0.3) is 5.91 Å². The number of nitrogens with zero attached hydrogens (tertiary/aromatic N) is 1. The molecule has 2 saturated heterocycles. The van der Waals surface area contributed by atoms with Crippen LogP contribution in [0.2, 0.25) is 0 Å². The van der Waals surface area contributed by atoms with E-state index < -0.39 is 0 Å². The van der Waals surface area contributed by atoms with Crippen LogP contribution in [0, 0.1) is 11.8 Å². The molecule has 16 heavy (non-hydrogen) atoms. The van der Waals surface area contributed by atoms with Gasteiger partial charge in [0.2, 0.25) is 0 Å². The fraction of sp³-hybridized carbons (Fsp3) is 0.583. The molecular weight excluding hydrogens is 204 g/mol. The summed E-state index contributed by atoms with van der Waals surface area (Å²) in [7, 11) is 0. The molecule has 1 amide bonds. The number of carbonyl (C=O) groups excluding carboxylic acids is 1. The molecule has 0 aromatic carbocycles. The Labute approximate surface area is 94.6 Å². The maximum atomic E-state index is 12.1. The highest BCUT2D eigenvalue weighted by Gasteiger charge is 2.33. The van der Waals surface area contributed by atoms with Crippen molar-refractivity contribution in [2.45, 2.75) is 6.42 Å². The molecular formula is C12H16N2O2. The van der Waals surface area contributed by atoms with Gasteiger partial charge in [-0.2, -0.15) is 0 Å². The second-order valence-electron chi connectivity index (χ2n) is 4.81. The Morgan fingerprint density at radius 3 is 2.75 bits per heavy atom. The predicted molar refractivity (Wildman–Crippen MR) is 59.1 cm³/mol. The monoisotopic (exact) mass is 220 g/mol. The van der Waals surface area contributed by atoms with E-state index in [1.807, 2.05) is 4.90 Å². The van der Waals surface area contributed by atoms with Crippen molar-refractivity contribution in [2.75, 3.05) is 26.2 Å². The van der Waals surface area contributed by atoms with Crippen molar-refractivity contribution in [3.63, 3.8) is 0 Å². The van der Waals surface area contributed by atoms with Crippen LogP contribution in [0.3, 0.4) is 0 Å². The summed E-state index contributed by atoms with van der Waals surface area (Å²) < 4.78 is 5.16. The Morgan fingerprint density at radius 1 is 1.38 bits per heavy atom. The SMILES string of the molecule is O=C(c1ccco1)N1C[C@H]2CNC[C@@H](C2)C1. The Balaban J connectivity index is 1.73. The van der Waals surface area contributed by atoms with Crippen molar-refractivity contribution in [2.24, 2.45) is 11.8 Å². The number of likely N-dealkylation sites (tertiary alicyclic amines) is 1. The van der Waals surface area contributed by atoms with Crippen LogP contribution in [0.15, 0.2) is 22.8 Å². The van der Waals surface area contributed by atoms with Crippen LogP contribution in [0.25, 0.3) is 0 Å². The number of fused-ring (bicyclic) bond motifs is 2. The third-order valence-electron chi connectivity index (χ3n) is 3.51. The first-order valence-corrected chi connectivity index (χ1v) is 5.86. The highest BCUT2D eigenvalue weighted by Crippen LogP contribution is 2.25. The van der Waals surface area contributed by atoms with Gasteiger partial charge >= 0.3 is 0 Å². The van der Waals surface area contributed by atoms with Gasteiger partial charge < -0.3 is 14.6 Å². The largest absolute Gasteiger partial charge is 0.459 e. The number of hydrogen-bond acceptors (Lipinski definition) is 3. The van der Waals surface area contributed by atoms with E-state index in [-0.39, 0.29) is 5.91 Å². The Hall–Kier alpha value is -1.29. The van der Waals surface area contributed by atoms with Gasteiger partial charge in [-0.25, -0.2) is 0 Å². The highest BCUT2D eigenvalue weighted by molar-refractivity contribution is 5.91. The third kappa shape index (κ3) is 1.73. The molecule has 0 radical (unpaired) electrons. The lowest BCUT2D eigenvalue weighted by Crippen LogP contribution is -2.52. The van der Waals surface area contributed by atoms with E-state index in [4.69, 9.17) is 4.42 Å². The van der Waals surface area contributed by atoms with Gasteiger partial charge in [0, 0.05) is 13.1 Å². The molecule has 1 N–H and O–H groups in total. The molecule has 2 aliphatic rings. The maximum absolute atomic E-state index is 12.1. The molecule has 4 heteroatoms. The third-order valence-corrected chi connectivity index (χ3v) is 3.51. The van der Waals surface area contributed by atoms with Crippen LogP contribution >= 0.6 is 0 Å². The molecule has 86 valence electrons. The second kappa shape index (κ2) is 3.94. The summed E-state index contributed by atoms with van der Waals surface area (Å²) >= 11 is 0. The minimum Gasteiger partial charge on any atom is -0.459 e. The van der Waals surface area contributed by atoms with Crippen LogP contribution in [-0.2, 0) is 0 Å². The summed E-state index contributed by atoms with van der Waals surface area (Å²) in [5.74, 6) is 1.74. The molecule has 3 rings (SSSR count). The summed E-state index contributed by atoms with van der Waals surface area (Å²) in [6.07, 6.45) is 2.81. The van der Waals surface area contributed by atoms with Crippen LogP contribution in [-0.4, -0.2) is 37.0 Å². The Morgan fingerprint density at radius 2 is 2.12 bits per heavy atom. The van der Waals surface area contributed by atoms with Crippen molar-refractivity contribution >= 4 is 5.91 Å². The lowest BCUT2D eigenvalue weighted by molar-refractivity contribution is 0.0508. The topological polar surface area (TPSA) is 45.5 Å². The maximum Gasteiger partial charge on any atom is 0.289 e. The quantitative estimate of drug-likeness (QED) is 0.766. The normalized spacial score (nSPS) is 29.1. The molecule has 2 fully saturated rings. The number of furan rings is 1. The van der Waals surface area contributed by atoms with E-state index in [0.29, 0.717) is 17.6 Å². The molecule has 2 atom stereocenters. The van der Waals surface area contributed by atoms with Crippen LogP contribution in [0.1, 0.15) is 17.0 Å². The lowest BCUT2D eigenvalue weighted by atomic mass is 9.86. The summed E-state index contributed by atoms with van der Waals surface area (Å²) in [5, 5.41) is 3.42. The van der Waals surface area contributed by atoms with E-state index in [1.165, 1.54) is 6.42 Å². The number of rotatable bonds is 1. The van der Waals surface area contributed by atoms with Crippen molar-refractivity contribution in [3.8, 4) is 0 Å². The number of hydrogen-bond donors (Lipinski definition) is 1. The number of carbonyl (C=O) groups is 1. The zero-order valence-corrected chi connectivity index (χ0v) is 9.19. The van der Waals surface area contributed by atoms with Crippen LogP contribution in [0.5, 0.6) is 0 Å². The molecule has 1 aromatic rings. The average Bonchev–Trinajstić information content (AvgIpc) is 2.81. The van der Waals surface area contributed by atoms with E-state index in [2.05, 4.69) is 5.32 Å². The van der Waals surface area contributed by atoms with Gasteiger partial charge in [0.15, 0.2) is 5.76 Å². The van der Waals surface area contributed by atoms with Gasteiger partial charge in [0.1, 0.15) is 0 Å². The fourth-order valence-corrected chi connectivity index (χ4v) is 2.83. The molecule has 4 nitrogen and oxygen atoms in total. The minimum absolute atomic E-state index is 0.0431. The standard InChI is InChI=1S/C12H16N2O2/c15-12(11-2-1-3-16-11)14-7-9-4-10(8-14)6-13-5-9/h1-3,9-10,13H,4-8H2/t9-,10-/m1/s1. The van der Waals surface area contributed by atoms with Crippen molar-refractivity contribution in [3.05, 3.63) is 24.2 Å². The zero-order valence-electron chi connectivity index (χ0n) is 9.19. The van der Waals surface area contributed by atoms with E-state index >= 15 is 0 Å². The Bertz CT molecular complexity index is 362. The predicted octanol–water partition coefficient (Wildman–Crippen LogP) is 0.961. The summed E-state index contributed by atoms with van der Waals surface area (Å²) in [4.78, 5) is 14.0. The first-order chi connectivity index (χ1) is 7.83. The molecule has 3 heterocycles. The molecule has 0 unspecified atom stereocenters. The summed E-state index contributed by atoms with van der Waals surface area (Å²) in [6.45, 7) is 3.81. The summed E-state index contributed by atoms with van der Waals surface area (Å²) in [5.41, 5.74) is 0. The molecule has 0 aliphatic carbocycles. The van der Waals surface area contributed by atoms with E-state index in [0.717, 1.165) is 26.2 Å². The average molecular weight is 220 g/mol. The van der Waals surface area contributed by atoms with Crippen molar-refractivity contribution in [1.29, 1.82) is 0 Å². The minimum atomic E-state index is 0.0431. The first kappa shape index (κ1) is 9.90. The van der Waals surface area contributed by atoms with E-state index in [1.54, 1.807) is 18.4 Å². The van der Waals surface area contributed by atoms with Crippen LogP contribution < -0.4 is 5.32 Å².